The van der Waals surface area contributed by atoms with Crippen LogP contribution in [0.15, 0.2) is 35.9 Å². The summed E-state index contributed by atoms with van der Waals surface area (Å²) in [5.74, 6) is 0.0354. The maximum atomic E-state index is 11.6. The second kappa shape index (κ2) is 6.39. The molecule has 1 aromatic heterocycles. The topological polar surface area (TPSA) is 48.4 Å². The van der Waals surface area contributed by atoms with Gasteiger partial charge >= 0.3 is 5.97 Å². The summed E-state index contributed by atoms with van der Waals surface area (Å²) in [6.07, 6.45) is 1.64. The lowest BCUT2D eigenvalue weighted by atomic mass is 10.1. The number of esters is 1. The van der Waals surface area contributed by atoms with Crippen LogP contribution in [0.5, 0.6) is 5.88 Å². The minimum absolute atomic E-state index is 0.0582. The average molecular weight is 292 g/mol. The predicted molar refractivity (Wildman–Crippen MR) is 79.0 cm³/mol. The standard InChI is InChI=1S/C15H14ClNO3/c1-19-14-11(8-12(9-16)15(18)20-2)7-10-5-3-4-6-13(10)17-14/h3-8H,9H2,1-2H3/b12-8+. The highest BCUT2D eigenvalue weighted by Gasteiger charge is 2.11. The van der Waals surface area contributed by atoms with Crippen LogP contribution in [0.4, 0.5) is 0 Å². The molecule has 0 amide bonds. The number of carbonyl (C=O) groups is 1. The lowest BCUT2D eigenvalue weighted by molar-refractivity contribution is -0.135. The third kappa shape index (κ3) is 2.91. The maximum absolute atomic E-state index is 11.6. The van der Waals surface area contributed by atoms with E-state index in [1.807, 2.05) is 30.3 Å². The van der Waals surface area contributed by atoms with Crippen molar-refractivity contribution in [3.05, 3.63) is 41.5 Å². The molecule has 0 unspecified atom stereocenters. The molecule has 0 radical (unpaired) electrons. The molecule has 104 valence electrons. The van der Waals surface area contributed by atoms with Gasteiger partial charge in [-0.1, -0.05) is 18.2 Å². The molecule has 0 aliphatic heterocycles. The molecule has 0 aliphatic carbocycles. The van der Waals surface area contributed by atoms with Gasteiger partial charge in [-0.25, -0.2) is 9.78 Å². The molecular formula is C15H14ClNO3. The number of benzene rings is 1. The number of halogens is 1. The van der Waals surface area contributed by atoms with E-state index in [0.717, 1.165) is 10.9 Å². The van der Waals surface area contributed by atoms with Crippen LogP contribution in [0.25, 0.3) is 17.0 Å². The highest BCUT2D eigenvalue weighted by molar-refractivity contribution is 6.23. The number of methoxy groups -OCH3 is 2. The molecule has 0 saturated carbocycles. The van der Waals surface area contributed by atoms with Crippen molar-refractivity contribution in [3.63, 3.8) is 0 Å². The van der Waals surface area contributed by atoms with E-state index < -0.39 is 5.97 Å². The first kappa shape index (κ1) is 14.3. The number of para-hydroxylation sites is 1. The van der Waals surface area contributed by atoms with Crippen LogP contribution in [0, 0.1) is 0 Å². The third-order valence-electron chi connectivity index (χ3n) is 2.83. The third-order valence-corrected chi connectivity index (χ3v) is 3.12. The van der Waals surface area contributed by atoms with E-state index in [-0.39, 0.29) is 5.88 Å². The quantitative estimate of drug-likeness (QED) is 0.493. The fraction of sp³-hybridized carbons (Fsp3) is 0.200. The number of nitrogens with zero attached hydrogens (tertiary/aromatic N) is 1. The number of rotatable bonds is 4. The molecule has 1 heterocycles. The molecule has 0 aliphatic rings. The molecule has 2 aromatic rings. The van der Waals surface area contributed by atoms with Gasteiger partial charge < -0.3 is 9.47 Å². The van der Waals surface area contributed by atoms with Gasteiger partial charge in [-0.2, -0.15) is 0 Å². The van der Waals surface area contributed by atoms with Crippen molar-refractivity contribution < 1.29 is 14.3 Å². The van der Waals surface area contributed by atoms with Crippen LogP contribution in [-0.2, 0) is 9.53 Å². The van der Waals surface area contributed by atoms with Crippen molar-refractivity contribution in [1.82, 2.24) is 4.98 Å². The summed E-state index contributed by atoms with van der Waals surface area (Å²) in [5.41, 5.74) is 1.86. The second-order valence-electron chi connectivity index (χ2n) is 4.07. The zero-order valence-corrected chi connectivity index (χ0v) is 12.0. The first-order chi connectivity index (χ1) is 9.69. The maximum Gasteiger partial charge on any atom is 0.334 e. The Morgan fingerprint density at radius 3 is 2.75 bits per heavy atom. The first-order valence-corrected chi connectivity index (χ1v) is 6.51. The SMILES string of the molecule is COC(=O)/C(=C/c1cc2ccccc2nc1OC)CCl. The smallest absolute Gasteiger partial charge is 0.334 e. The van der Waals surface area contributed by atoms with Gasteiger partial charge in [-0.05, 0) is 18.2 Å². The predicted octanol–water partition coefficient (Wildman–Crippen LogP) is 3.04. The minimum Gasteiger partial charge on any atom is -0.481 e. The van der Waals surface area contributed by atoms with Crippen LogP contribution in [0.1, 0.15) is 5.56 Å². The van der Waals surface area contributed by atoms with Crippen molar-refractivity contribution in [3.8, 4) is 5.88 Å². The van der Waals surface area contributed by atoms with Gasteiger partial charge in [0.2, 0.25) is 5.88 Å². The van der Waals surface area contributed by atoms with E-state index in [1.165, 1.54) is 14.2 Å². The summed E-state index contributed by atoms with van der Waals surface area (Å²) >= 11 is 5.77. The number of hydrogen-bond acceptors (Lipinski definition) is 4. The summed E-state index contributed by atoms with van der Waals surface area (Å²) in [7, 11) is 2.85. The Kier molecular flexibility index (Phi) is 4.58. The van der Waals surface area contributed by atoms with E-state index in [2.05, 4.69) is 9.72 Å². The molecule has 2 rings (SSSR count). The number of carbonyl (C=O) groups excluding carboxylic acids is 1. The van der Waals surface area contributed by atoms with Crippen LogP contribution in [0.3, 0.4) is 0 Å². The number of alkyl halides is 1. The van der Waals surface area contributed by atoms with E-state index >= 15 is 0 Å². The molecule has 1 aromatic carbocycles. The molecule has 4 nitrogen and oxygen atoms in total. The molecule has 0 bridgehead atoms. The lowest BCUT2D eigenvalue weighted by Gasteiger charge is -2.08. The normalized spacial score (nSPS) is 11.4. The Hall–Kier alpha value is -2.07. The zero-order valence-electron chi connectivity index (χ0n) is 11.2. The lowest BCUT2D eigenvalue weighted by Crippen LogP contribution is -2.06. The Balaban J connectivity index is 2.57. The van der Waals surface area contributed by atoms with Crippen LogP contribution < -0.4 is 4.74 Å². The Morgan fingerprint density at radius 2 is 2.10 bits per heavy atom. The molecular weight excluding hydrogens is 278 g/mol. The monoisotopic (exact) mass is 291 g/mol. The van der Waals surface area contributed by atoms with Crippen LogP contribution in [-0.4, -0.2) is 31.1 Å². The van der Waals surface area contributed by atoms with Crippen molar-refractivity contribution >= 4 is 34.5 Å². The van der Waals surface area contributed by atoms with Crippen molar-refractivity contribution in [2.45, 2.75) is 0 Å². The number of fused-ring (bicyclic) bond motifs is 1. The highest BCUT2D eigenvalue weighted by atomic mass is 35.5. The summed E-state index contributed by atoms with van der Waals surface area (Å²) < 4.78 is 9.94. The van der Waals surface area contributed by atoms with Gasteiger partial charge in [0, 0.05) is 10.9 Å². The van der Waals surface area contributed by atoms with E-state index in [4.69, 9.17) is 16.3 Å². The second-order valence-corrected chi connectivity index (χ2v) is 4.34. The van der Waals surface area contributed by atoms with Crippen molar-refractivity contribution in [2.24, 2.45) is 0 Å². The van der Waals surface area contributed by atoms with Gasteiger partial charge in [-0.15, -0.1) is 11.6 Å². The molecule has 0 fully saturated rings. The molecule has 0 atom stereocenters. The van der Waals surface area contributed by atoms with Crippen LogP contribution >= 0.6 is 11.6 Å². The Morgan fingerprint density at radius 1 is 1.35 bits per heavy atom. The number of aromatic nitrogens is 1. The van der Waals surface area contributed by atoms with E-state index in [0.29, 0.717) is 17.0 Å². The largest absolute Gasteiger partial charge is 0.481 e. The summed E-state index contributed by atoms with van der Waals surface area (Å²) in [6, 6.07) is 9.57. The van der Waals surface area contributed by atoms with Gasteiger partial charge in [0.05, 0.1) is 31.2 Å². The number of pyridine rings is 1. The van der Waals surface area contributed by atoms with E-state index in [9.17, 15) is 4.79 Å². The van der Waals surface area contributed by atoms with E-state index in [1.54, 1.807) is 6.08 Å². The molecule has 20 heavy (non-hydrogen) atoms. The van der Waals surface area contributed by atoms with Crippen molar-refractivity contribution in [1.29, 1.82) is 0 Å². The average Bonchev–Trinajstić information content (AvgIpc) is 2.50. The minimum atomic E-state index is -0.463. The summed E-state index contributed by atoms with van der Waals surface area (Å²) in [6.45, 7) is 0. The molecule has 0 N–H and O–H groups in total. The fourth-order valence-corrected chi connectivity index (χ4v) is 2.04. The summed E-state index contributed by atoms with van der Waals surface area (Å²) in [5, 5.41) is 0.957. The fourth-order valence-electron chi connectivity index (χ4n) is 1.85. The number of hydrogen-bond donors (Lipinski definition) is 0. The van der Waals surface area contributed by atoms with Gasteiger partial charge in [-0.3, -0.25) is 0 Å². The van der Waals surface area contributed by atoms with Gasteiger partial charge in [0.1, 0.15) is 0 Å². The van der Waals surface area contributed by atoms with Crippen LogP contribution in [0.2, 0.25) is 0 Å². The number of ether oxygens (including phenoxy) is 2. The van der Waals surface area contributed by atoms with Gasteiger partial charge in [0.15, 0.2) is 0 Å². The molecule has 0 spiro atoms. The Labute approximate surface area is 122 Å². The van der Waals surface area contributed by atoms with Gasteiger partial charge in [0.25, 0.3) is 0 Å². The highest BCUT2D eigenvalue weighted by Crippen LogP contribution is 2.24. The summed E-state index contributed by atoms with van der Waals surface area (Å²) in [4.78, 5) is 16.0. The Bertz CT molecular complexity index is 667. The molecule has 0 saturated heterocycles. The molecule has 5 heteroatoms. The zero-order chi connectivity index (χ0) is 14.5. The van der Waals surface area contributed by atoms with Crippen molar-refractivity contribution in [2.75, 3.05) is 20.1 Å². The first-order valence-electron chi connectivity index (χ1n) is 5.98.